The van der Waals surface area contributed by atoms with Crippen LogP contribution in [-0.2, 0) is 27.4 Å². The summed E-state index contributed by atoms with van der Waals surface area (Å²) in [6.07, 6.45) is 4.64. The monoisotopic (exact) mass is 489 g/mol. The van der Waals surface area contributed by atoms with Gasteiger partial charge in [0.15, 0.2) is 0 Å². The van der Waals surface area contributed by atoms with Crippen molar-refractivity contribution in [3.8, 4) is 11.8 Å². The number of rotatable bonds is 10. The van der Waals surface area contributed by atoms with E-state index >= 15 is 0 Å². The van der Waals surface area contributed by atoms with E-state index in [0.29, 0.717) is 24.9 Å². The number of carboxylic acids is 1. The fourth-order valence-electron chi connectivity index (χ4n) is 6.16. The highest BCUT2D eigenvalue weighted by Crippen LogP contribution is 2.56. The Morgan fingerprint density at radius 2 is 1.94 bits per heavy atom. The van der Waals surface area contributed by atoms with Gasteiger partial charge in [-0.1, -0.05) is 43.3 Å². The first-order chi connectivity index (χ1) is 17.4. The van der Waals surface area contributed by atoms with Gasteiger partial charge < -0.3 is 14.6 Å². The van der Waals surface area contributed by atoms with Crippen molar-refractivity contribution in [3.63, 3.8) is 0 Å². The normalized spacial score (nSPS) is 24.6. The Labute approximate surface area is 213 Å². The van der Waals surface area contributed by atoms with Crippen molar-refractivity contribution in [2.24, 2.45) is 17.3 Å². The lowest BCUT2D eigenvalue weighted by Crippen LogP contribution is -2.45. The number of aliphatic carboxylic acids is 1. The number of benzene rings is 2. The fraction of sp³-hybridized carbons (Fsp3) is 0.500. The van der Waals surface area contributed by atoms with E-state index in [0.717, 1.165) is 37.0 Å². The summed E-state index contributed by atoms with van der Waals surface area (Å²) in [6.45, 7) is 2.97. The first kappa shape index (κ1) is 25.8. The third-order valence-electron chi connectivity index (χ3n) is 8.11. The molecule has 0 heterocycles. The van der Waals surface area contributed by atoms with Crippen molar-refractivity contribution < 1.29 is 24.2 Å². The molecule has 0 aromatic heterocycles. The molecule has 0 amide bonds. The van der Waals surface area contributed by atoms with Gasteiger partial charge in [0, 0.05) is 24.7 Å². The van der Waals surface area contributed by atoms with Crippen molar-refractivity contribution in [1.29, 1.82) is 5.26 Å². The van der Waals surface area contributed by atoms with Crippen LogP contribution in [0.1, 0.15) is 74.5 Å². The summed E-state index contributed by atoms with van der Waals surface area (Å²) in [7, 11) is 0. The molecule has 2 aliphatic rings. The second-order valence-corrected chi connectivity index (χ2v) is 10.5. The molecule has 0 radical (unpaired) electrons. The molecule has 4 atom stereocenters. The third kappa shape index (κ3) is 6.07. The number of nitrogens with zero attached hydrogens (tertiary/aromatic N) is 1. The molecule has 0 spiro atoms. The van der Waals surface area contributed by atoms with Crippen molar-refractivity contribution >= 4 is 11.9 Å². The largest absolute Gasteiger partial charge is 0.489 e. The molecule has 6 heteroatoms. The van der Waals surface area contributed by atoms with Crippen molar-refractivity contribution in [2.75, 3.05) is 6.61 Å². The molecule has 6 nitrogen and oxygen atoms in total. The van der Waals surface area contributed by atoms with Crippen LogP contribution in [0.4, 0.5) is 0 Å². The minimum absolute atomic E-state index is 0.0361. The van der Waals surface area contributed by atoms with Crippen LogP contribution in [0, 0.1) is 28.6 Å². The Balaban J connectivity index is 1.41. The number of carbonyl (C=O) groups is 2. The Kier molecular flexibility index (Phi) is 8.30. The molecule has 3 unspecified atom stereocenters. The molecule has 0 bridgehead atoms. The zero-order chi connectivity index (χ0) is 25.5. The van der Waals surface area contributed by atoms with Crippen LogP contribution in [-0.4, -0.2) is 23.7 Å². The van der Waals surface area contributed by atoms with Gasteiger partial charge in [-0.15, -0.1) is 0 Å². The molecule has 36 heavy (non-hydrogen) atoms. The van der Waals surface area contributed by atoms with Crippen LogP contribution in [0.2, 0.25) is 0 Å². The van der Waals surface area contributed by atoms with E-state index in [4.69, 9.17) is 14.6 Å². The van der Waals surface area contributed by atoms with Crippen molar-refractivity contribution in [3.05, 3.63) is 65.2 Å². The minimum atomic E-state index is -0.908. The molecule has 190 valence electrons. The molecule has 1 N–H and O–H groups in total. The Morgan fingerprint density at radius 1 is 1.14 bits per heavy atom. The molecule has 0 aliphatic heterocycles. The number of esters is 1. The van der Waals surface area contributed by atoms with E-state index in [1.54, 1.807) is 0 Å². The smallest absolute Gasteiger partial charge is 0.305 e. The van der Waals surface area contributed by atoms with Gasteiger partial charge >= 0.3 is 11.9 Å². The van der Waals surface area contributed by atoms with Gasteiger partial charge in [-0.05, 0) is 78.7 Å². The van der Waals surface area contributed by atoms with E-state index < -0.39 is 5.97 Å². The maximum absolute atomic E-state index is 12.2. The number of fused-ring (bicyclic) bond motifs is 3. The lowest BCUT2D eigenvalue weighted by Gasteiger charge is -2.51. The summed E-state index contributed by atoms with van der Waals surface area (Å²) in [4.78, 5) is 22.9. The van der Waals surface area contributed by atoms with Crippen LogP contribution in [0.25, 0.3) is 0 Å². The molecule has 2 aromatic carbocycles. The third-order valence-corrected chi connectivity index (χ3v) is 8.11. The molecule has 4 rings (SSSR count). The topological polar surface area (TPSA) is 96.6 Å². The molecular weight excluding hydrogens is 454 g/mol. The van der Waals surface area contributed by atoms with Crippen molar-refractivity contribution in [1.82, 2.24) is 0 Å². The summed E-state index contributed by atoms with van der Waals surface area (Å²) in [5, 5.41) is 18.4. The predicted octanol–water partition coefficient (Wildman–Crippen LogP) is 6.04. The van der Waals surface area contributed by atoms with Gasteiger partial charge in [0.1, 0.15) is 12.4 Å². The second-order valence-electron chi connectivity index (χ2n) is 10.5. The standard InChI is InChI=1S/C30H35NO5/c1-30(20-36-29(34)9-5-8-28(32)33)16-14-25-24-13-11-23(35-19-21-6-3-2-4-7-21)18-22(24)10-12-26(25)27(30)15-17-31/h2-4,6-7,11,13,18,25-27H,5,8-10,12,14-16,19-20H2,1H3,(H,32,33)/t25?,26?,27?,30-/m1/s1. The number of carbonyl (C=O) groups excluding carboxylic acids is 1. The van der Waals surface area contributed by atoms with Gasteiger partial charge in [0.05, 0.1) is 12.7 Å². The minimum Gasteiger partial charge on any atom is -0.489 e. The lowest BCUT2D eigenvalue weighted by molar-refractivity contribution is -0.151. The molecular formula is C30H35NO5. The molecule has 2 aliphatic carbocycles. The quantitative estimate of drug-likeness (QED) is 0.409. The van der Waals surface area contributed by atoms with Crippen LogP contribution in [0.5, 0.6) is 5.75 Å². The average molecular weight is 490 g/mol. The maximum Gasteiger partial charge on any atom is 0.305 e. The highest BCUT2D eigenvalue weighted by Gasteiger charge is 2.48. The van der Waals surface area contributed by atoms with Gasteiger partial charge in [-0.25, -0.2) is 0 Å². The Hall–Kier alpha value is -3.33. The zero-order valence-electron chi connectivity index (χ0n) is 20.9. The maximum atomic E-state index is 12.2. The van der Waals surface area contributed by atoms with E-state index in [1.165, 1.54) is 11.1 Å². The van der Waals surface area contributed by atoms with Gasteiger partial charge in [-0.2, -0.15) is 5.26 Å². The first-order valence-electron chi connectivity index (χ1n) is 12.9. The molecule has 1 saturated carbocycles. The van der Waals surface area contributed by atoms with E-state index in [2.05, 4.69) is 43.3 Å². The first-order valence-corrected chi connectivity index (χ1v) is 12.9. The van der Waals surface area contributed by atoms with Crippen LogP contribution in [0.15, 0.2) is 48.5 Å². The lowest BCUT2D eigenvalue weighted by atomic mass is 9.54. The van der Waals surface area contributed by atoms with Crippen LogP contribution in [0.3, 0.4) is 0 Å². The SMILES string of the molecule is C[C@]1(COC(=O)CCCC(=O)O)CCC2c3ccc(OCc4ccccc4)cc3CCC2C1CC#N. The molecule has 0 saturated heterocycles. The Morgan fingerprint density at radius 3 is 2.69 bits per heavy atom. The fourth-order valence-corrected chi connectivity index (χ4v) is 6.16. The zero-order valence-corrected chi connectivity index (χ0v) is 20.9. The summed E-state index contributed by atoms with van der Waals surface area (Å²) in [6, 6.07) is 19.0. The van der Waals surface area contributed by atoms with Crippen LogP contribution < -0.4 is 4.74 Å². The predicted molar refractivity (Wildman–Crippen MR) is 135 cm³/mol. The highest BCUT2D eigenvalue weighted by molar-refractivity contribution is 5.71. The van der Waals surface area contributed by atoms with E-state index in [-0.39, 0.29) is 43.2 Å². The summed E-state index contributed by atoms with van der Waals surface area (Å²) >= 11 is 0. The average Bonchev–Trinajstić information content (AvgIpc) is 2.88. The summed E-state index contributed by atoms with van der Waals surface area (Å²) < 4.78 is 11.7. The number of aryl methyl sites for hydroxylation is 1. The van der Waals surface area contributed by atoms with Gasteiger partial charge in [-0.3, -0.25) is 9.59 Å². The number of ether oxygens (including phenoxy) is 2. The van der Waals surface area contributed by atoms with Crippen LogP contribution >= 0.6 is 0 Å². The Bertz CT molecular complexity index is 1110. The summed E-state index contributed by atoms with van der Waals surface area (Å²) in [5.41, 5.74) is 3.60. The van der Waals surface area contributed by atoms with E-state index in [9.17, 15) is 14.9 Å². The number of hydrogen-bond acceptors (Lipinski definition) is 5. The summed E-state index contributed by atoms with van der Waals surface area (Å²) in [5.74, 6) is 0.546. The second kappa shape index (κ2) is 11.6. The molecule has 1 fully saturated rings. The molecule has 2 aromatic rings. The number of nitriles is 1. The highest BCUT2D eigenvalue weighted by atomic mass is 16.5. The van der Waals surface area contributed by atoms with Gasteiger partial charge in [0.2, 0.25) is 0 Å². The van der Waals surface area contributed by atoms with Gasteiger partial charge in [0.25, 0.3) is 0 Å². The van der Waals surface area contributed by atoms with Crippen molar-refractivity contribution in [2.45, 2.75) is 70.8 Å². The number of hydrogen-bond donors (Lipinski definition) is 1. The van der Waals surface area contributed by atoms with E-state index in [1.807, 2.05) is 18.2 Å². The number of carboxylic acid groups (broad SMARTS) is 1.